The van der Waals surface area contributed by atoms with Crippen molar-refractivity contribution < 1.29 is 19.0 Å². The van der Waals surface area contributed by atoms with Crippen molar-refractivity contribution in [1.82, 2.24) is 14.7 Å². The molecule has 1 aliphatic heterocycles. The van der Waals surface area contributed by atoms with Gasteiger partial charge in [-0.2, -0.15) is 10.4 Å². The van der Waals surface area contributed by atoms with Crippen LogP contribution in [0, 0.1) is 11.3 Å². The molecule has 1 aliphatic rings. The number of halogens is 1. The molecule has 2 atom stereocenters. The van der Waals surface area contributed by atoms with Gasteiger partial charge in [-0.1, -0.05) is 0 Å². The molecule has 0 aliphatic carbocycles. The Morgan fingerprint density at radius 3 is 2.68 bits per heavy atom. The minimum Gasteiger partial charge on any atom is -0.444 e. The van der Waals surface area contributed by atoms with Crippen LogP contribution in [0.4, 0.5) is 10.6 Å². The summed E-state index contributed by atoms with van der Waals surface area (Å²) >= 11 is 3.36. The number of hydrogen-bond acceptors (Lipinski definition) is 7. The van der Waals surface area contributed by atoms with E-state index in [0.717, 1.165) is 0 Å². The molecule has 28 heavy (non-hydrogen) atoms. The molecule has 2 heterocycles. The van der Waals surface area contributed by atoms with Crippen molar-refractivity contribution in [2.24, 2.45) is 0 Å². The van der Waals surface area contributed by atoms with E-state index in [1.165, 1.54) is 0 Å². The number of hydrogen-bond donors (Lipinski definition) is 1. The normalized spacial score (nSPS) is 19.5. The highest BCUT2D eigenvalue weighted by Gasteiger charge is 2.40. The molecule has 156 valence electrons. The summed E-state index contributed by atoms with van der Waals surface area (Å²) in [6, 6.07) is 1.92. The second-order valence-corrected chi connectivity index (χ2v) is 8.37. The van der Waals surface area contributed by atoms with Crippen LogP contribution in [0.3, 0.4) is 0 Å². The highest BCUT2D eigenvalue weighted by Crippen LogP contribution is 2.34. The molecule has 2 rings (SSSR count). The van der Waals surface area contributed by atoms with Crippen LogP contribution in [-0.4, -0.2) is 72.9 Å². The van der Waals surface area contributed by atoms with E-state index >= 15 is 0 Å². The number of nitriles is 1. The third-order valence-corrected chi connectivity index (χ3v) is 4.86. The second kappa shape index (κ2) is 9.58. The van der Waals surface area contributed by atoms with E-state index in [1.54, 1.807) is 23.8 Å². The molecular formula is C18H28BrN5O4. The molecule has 1 N–H and O–H groups in total. The number of nitrogens with one attached hydrogen (secondary N) is 1. The van der Waals surface area contributed by atoms with Gasteiger partial charge in [-0.3, -0.25) is 0 Å². The molecule has 1 amide bonds. The lowest BCUT2D eigenvalue weighted by molar-refractivity contribution is 0.0145. The Kier molecular flexibility index (Phi) is 7.69. The number of likely N-dealkylation sites (tertiary alicyclic amines) is 1. The third-order valence-electron chi connectivity index (χ3n) is 4.30. The number of ether oxygens (including phenoxy) is 3. The number of amides is 1. The average molecular weight is 458 g/mol. The summed E-state index contributed by atoms with van der Waals surface area (Å²) in [4.78, 5) is 14.4. The van der Waals surface area contributed by atoms with Crippen LogP contribution in [0.15, 0.2) is 4.60 Å². The molecule has 0 unspecified atom stereocenters. The first-order valence-electron chi connectivity index (χ1n) is 9.11. The van der Waals surface area contributed by atoms with Crippen molar-refractivity contribution in [2.75, 3.05) is 45.8 Å². The Morgan fingerprint density at radius 1 is 1.39 bits per heavy atom. The summed E-state index contributed by atoms with van der Waals surface area (Å²) in [5.74, 6) is 0.610. The summed E-state index contributed by atoms with van der Waals surface area (Å²) in [6.45, 7) is 7.36. The summed E-state index contributed by atoms with van der Waals surface area (Å²) in [6.07, 6.45) is 0.267. The molecule has 1 fully saturated rings. The Labute approximate surface area is 174 Å². The zero-order valence-corrected chi connectivity index (χ0v) is 18.6. The Morgan fingerprint density at radius 2 is 2.11 bits per heavy atom. The molecule has 9 nitrogen and oxygen atoms in total. The quantitative estimate of drug-likeness (QED) is 0.627. The maximum Gasteiger partial charge on any atom is 0.410 e. The predicted octanol–water partition coefficient (Wildman–Crippen LogP) is 2.77. The lowest BCUT2D eigenvalue weighted by Crippen LogP contribution is -2.41. The van der Waals surface area contributed by atoms with E-state index in [-0.39, 0.29) is 18.2 Å². The zero-order valence-electron chi connectivity index (χ0n) is 17.0. The monoisotopic (exact) mass is 457 g/mol. The number of anilines is 1. The van der Waals surface area contributed by atoms with Gasteiger partial charge in [0, 0.05) is 27.3 Å². The number of carbonyl (C=O) groups excluding carboxylic acids is 1. The summed E-state index contributed by atoms with van der Waals surface area (Å²) in [5.41, 5.74) is -0.155. The van der Waals surface area contributed by atoms with Crippen molar-refractivity contribution in [3.05, 3.63) is 10.2 Å². The van der Waals surface area contributed by atoms with Crippen molar-refractivity contribution >= 4 is 27.8 Å². The lowest BCUT2D eigenvalue weighted by atomic mass is 10.2. The van der Waals surface area contributed by atoms with Crippen molar-refractivity contribution in [1.29, 1.82) is 5.26 Å². The number of rotatable bonds is 7. The van der Waals surface area contributed by atoms with Gasteiger partial charge in [0.25, 0.3) is 0 Å². The highest BCUT2D eigenvalue weighted by molar-refractivity contribution is 9.10. The molecule has 0 saturated carbocycles. The number of nitrogens with zero attached hydrogens (tertiary/aromatic N) is 4. The fourth-order valence-corrected chi connectivity index (χ4v) is 3.62. The van der Waals surface area contributed by atoms with E-state index in [4.69, 9.17) is 14.2 Å². The Balaban J connectivity index is 2.27. The fourth-order valence-electron chi connectivity index (χ4n) is 3.17. The van der Waals surface area contributed by atoms with Gasteiger partial charge in [-0.05, 0) is 43.1 Å². The second-order valence-electron chi connectivity index (χ2n) is 7.62. The lowest BCUT2D eigenvalue weighted by Gasteiger charge is -2.28. The standard InChI is InChI=1S/C18H28BrN5O4/c1-18(2,3)28-17(25)23-10-12(8-13(23)11-27-5)24-16(21-6-7-26-4)14(9-20)15(19)22-24/h12-13,21H,6-8,10-11H2,1-5H3/t12-,13+/m0/s1. The largest absolute Gasteiger partial charge is 0.444 e. The first kappa shape index (κ1) is 22.5. The van der Waals surface area contributed by atoms with Crippen LogP contribution >= 0.6 is 15.9 Å². The van der Waals surface area contributed by atoms with Crippen molar-refractivity contribution in [3.8, 4) is 6.07 Å². The molecule has 10 heteroatoms. The minimum atomic E-state index is -0.581. The SMILES string of the molecule is COCCNc1c(C#N)c(Br)nn1[C@H]1C[C@H](COC)N(C(=O)OC(C)(C)C)C1. The van der Waals surface area contributed by atoms with Gasteiger partial charge in [0.05, 0.1) is 25.3 Å². The van der Waals surface area contributed by atoms with E-state index in [1.807, 2.05) is 20.8 Å². The average Bonchev–Trinajstić information content (AvgIpc) is 3.15. The van der Waals surface area contributed by atoms with Gasteiger partial charge < -0.3 is 24.4 Å². The van der Waals surface area contributed by atoms with Gasteiger partial charge in [0.2, 0.25) is 0 Å². The smallest absolute Gasteiger partial charge is 0.410 e. The Bertz CT molecular complexity index is 725. The van der Waals surface area contributed by atoms with Crippen LogP contribution in [0.1, 0.15) is 38.8 Å². The van der Waals surface area contributed by atoms with Crippen LogP contribution in [-0.2, 0) is 14.2 Å². The van der Waals surface area contributed by atoms with Crippen molar-refractivity contribution in [2.45, 2.75) is 44.9 Å². The zero-order chi connectivity index (χ0) is 20.9. The van der Waals surface area contributed by atoms with Gasteiger partial charge in [0.15, 0.2) is 0 Å². The van der Waals surface area contributed by atoms with Crippen LogP contribution < -0.4 is 5.32 Å². The van der Waals surface area contributed by atoms with E-state index < -0.39 is 5.60 Å². The maximum absolute atomic E-state index is 12.7. The van der Waals surface area contributed by atoms with Crippen LogP contribution in [0.2, 0.25) is 0 Å². The summed E-state index contributed by atoms with van der Waals surface area (Å²) in [7, 11) is 3.22. The molecule has 1 aromatic heterocycles. The third kappa shape index (κ3) is 5.37. The van der Waals surface area contributed by atoms with Crippen LogP contribution in [0.25, 0.3) is 0 Å². The maximum atomic E-state index is 12.7. The van der Waals surface area contributed by atoms with Crippen molar-refractivity contribution in [3.63, 3.8) is 0 Å². The number of methoxy groups -OCH3 is 2. The van der Waals surface area contributed by atoms with E-state index in [0.29, 0.717) is 48.7 Å². The fraction of sp³-hybridized carbons (Fsp3) is 0.722. The molecule has 0 radical (unpaired) electrons. The van der Waals surface area contributed by atoms with Gasteiger partial charge >= 0.3 is 6.09 Å². The molecule has 1 aromatic rings. The first-order chi connectivity index (χ1) is 13.2. The molecule has 1 saturated heterocycles. The molecule has 0 bridgehead atoms. The summed E-state index contributed by atoms with van der Waals surface area (Å²) in [5, 5.41) is 17.2. The number of carbonyl (C=O) groups is 1. The first-order valence-corrected chi connectivity index (χ1v) is 9.90. The van der Waals surface area contributed by atoms with Gasteiger partial charge in [-0.25, -0.2) is 9.48 Å². The molecule has 0 aromatic carbocycles. The molecule has 0 spiro atoms. The van der Waals surface area contributed by atoms with E-state index in [9.17, 15) is 10.1 Å². The van der Waals surface area contributed by atoms with Gasteiger partial charge in [-0.15, -0.1) is 0 Å². The minimum absolute atomic E-state index is 0.115. The van der Waals surface area contributed by atoms with E-state index in [2.05, 4.69) is 32.4 Å². The molecular weight excluding hydrogens is 430 g/mol. The van der Waals surface area contributed by atoms with Crippen LogP contribution in [0.5, 0.6) is 0 Å². The predicted molar refractivity (Wildman–Crippen MR) is 107 cm³/mol. The Hall–Kier alpha value is -1.83. The van der Waals surface area contributed by atoms with Gasteiger partial charge in [0.1, 0.15) is 27.7 Å². The summed E-state index contributed by atoms with van der Waals surface area (Å²) < 4.78 is 18.2. The highest BCUT2D eigenvalue weighted by atomic mass is 79.9. The number of aromatic nitrogens is 2. The topological polar surface area (TPSA) is 102 Å².